The van der Waals surface area contributed by atoms with Gasteiger partial charge in [-0.1, -0.05) is 97.8 Å². The van der Waals surface area contributed by atoms with Crippen LogP contribution in [0.4, 0.5) is 15.3 Å². The summed E-state index contributed by atoms with van der Waals surface area (Å²) in [6.45, 7) is 8.90. The molecule has 2 saturated heterocycles. The predicted molar refractivity (Wildman–Crippen MR) is 229 cm³/mol. The molecule has 0 spiro atoms. The van der Waals surface area contributed by atoms with Gasteiger partial charge in [0.25, 0.3) is 0 Å². The molecule has 7 unspecified atom stereocenters. The van der Waals surface area contributed by atoms with Crippen molar-refractivity contribution in [3.05, 3.63) is 106 Å². The molecule has 14 heteroatoms. The van der Waals surface area contributed by atoms with Gasteiger partial charge in [-0.3, -0.25) is 15.0 Å². The van der Waals surface area contributed by atoms with Crippen molar-refractivity contribution in [1.82, 2.24) is 10.2 Å². The van der Waals surface area contributed by atoms with E-state index in [1.165, 1.54) is 30.9 Å². The summed E-state index contributed by atoms with van der Waals surface area (Å²) >= 11 is 6.81. The van der Waals surface area contributed by atoms with Crippen LogP contribution in [0.5, 0.6) is 5.75 Å². The number of amides is 3. The van der Waals surface area contributed by atoms with Crippen LogP contribution in [0, 0.1) is 11.8 Å². The van der Waals surface area contributed by atoms with Gasteiger partial charge in [-0.2, -0.15) is 0 Å². The lowest BCUT2D eigenvalue weighted by atomic mass is 9.82. The van der Waals surface area contributed by atoms with E-state index in [0.717, 1.165) is 33.4 Å². The van der Waals surface area contributed by atoms with Crippen LogP contribution in [0.15, 0.2) is 84.5 Å². The van der Waals surface area contributed by atoms with Crippen molar-refractivity contribution >= 4 is 41.4 Å². The fraction of sp³-hybridized carbons (Fsp3) is 0.447. The molecule has 3 amide bonds. The van der Waals surface area contributed by atoms with Crippen LogP contribution in [0.3, 0.4) is 0 Å². The van der Waals surface area contributed by atoms with Crippen molar-refractivity contribution in [2.24, 2.45) is 11.8 Å². The Balaban J connectivity index is 1.14. The maximum absolute atomic E-state index is 14.3. The average Bonchev–Trinajstić information content (AvgIpc) is 3.84. The number of rotatable bonds is 6. The highest BCUT2D eigenvalue weighted by molar-refractivity contribution is 6.35. The molecule has 324 valence electrons. The van der Waals surface area contributed by atoms with Crippen molar-refractivity contribution in [3.8, 4) is 16.9 Å². The SMILES string of the molecule is COc1cc2cc(c1Cl)N(C)C(=O)CC(OC(=O)[C@H](C)N(C)C(=O)OCC1c3ccccc3-c3ccccc31)C1(C)OC1C(C)C1CC(O)(NC(=O)O1)C(C)/C=C/C=C(\C)C2. The minimum atomic E-state index is -1.64. The summed E-state index contributed by atoms with van der Waals surface area (Å²) in [5, 5.41) is 14.6. The molecule has 0 aromatic heterocycles. The highest BCUT2D eigenvalue weighted by atomic mass is 35.5. The van der Waals surface area contributed by atoms with E-state index in [-0.39, 0.29) is 30.4 Å². The number of benzene rings is 3. The fourth-order valence-electron chi connectivity index (χ4n) is 8.76. The van der Waals surface area contributed by atoms with Crippen LogP contribution in [0.25, 0.3) is 11.1 Å². The number of hydrogen-bond acceptors (Lipinski definition) is 10. The first-order chi connectivity index (χ1) is 28.9. The number of fused-ring (bicyclic) bond motifs is 8. The third kappa shape index (κ3) is 8.60. The number of anilines is 1. The number of epoxide rings is 1. The Kier molecular flexibility index (Phi) is 12.3. The molecule has 3 aliphatic heterocycles. The molecule has 2 fully saturated rings. The Morgan fingerprint density at radius 2 is 1.74 bits per heavy atom. The number of methoxy groups -OCH3 is 1. The summed E-state index contributed by atoms with van der Waals surface area (Å²) in [5.74, 6) is -2.05. The largest absolute Gasteiger partial charge is 0.495 e. The number of carbonyl (C=O) groups excluding carboxylic acids is 4. The Bertz CT molecular complexity index is 2230. The zero-order valence-corrected chi connectivity index (χ0v) is 36.5. The van der Waals surface area contributed by atoms with E-state index < -0.39 is 71.6 Å². The summed E-state index contributed by atoms with van der Waals surface area (Å²) in [4.78, 5) is 57.4. The lowest BCUT2D eigenvalue weighted by molar-refractivity contribution is -0.158. The second-order valence-corrected chi connectivity index (χ2v) is 17.3. The van der Waals surface area contributed by atoms with Gasteiger partial charge in [0.15, 0.2) is 0 Å². The minimum absolute atomic E-state index is 0.0439. The fourth-order valence-corrected chi connectivity index (χ4v) is 9.07. The summed E-state index contributed by atoms with van der Waals surface area (Å²) in [6.07, 6.45) is 1.64. The Labute approximate surface area is 361 Å². The Hall–Kier alpha value is -5.37. The molecule has 13 nitrogen and oxygen atoms in total. The van der Waals surface area contributed by atoms with Gasteiger partial charge in [-0.25, -0.2) is 14.4 Å². The summed E-state index contributed by atoms with van der Waals surface area (Å²) in [5.41, 5.74) is 3.60. The zero-order valence-electron chi connectivity index (χ0n) is 35.8. The highest BCUT2D eigenvalue weighted by Crippen LogP contribution is 2.50. The van der Waals surface area contributed by atoms with Crippen LogP contribution in [0.1, 0.15) is 70.1 Å². The van der Waals surface area contributed by atoms with E-state index in [2.05, 4.69) is 5.32 Å². The molecule has 1 aliphatic carbocycles. The first kappa shape index (κ1) is 43.7. The maximum Gasteiger partial charge on any atom is 0.410 e. The molecule has 4 bridgehead atoms. The van der Waals surface area contributed by atoms with Gasteiger partial charge >= 0.3 is 18.2 Å². The van der Waals surface area contributed by atoms with E-state index in [9.17, 15) is 24.3 Å². The number of allylic oxidation sites excluding steroid dienone is 3. The number of carbonyl (C=O) groups is 4. The number of nitrogens with one attached hydrogen (secondary N) is 1. The van der Waals surface area contributed by atoms with Crippen LogP contribution in [0.2, 0.25) is 5.02 Å². The smallest absolute Gasteiger partial charge is 0.410 e. The molecule has 4 aliphatic rings. The topological polar surface area (TPSA) is 156 Å². The molecular formula is C47H54ClN3O10. The summed E-state index contributed by atoms with van der Waals surface area (Å²) in [7, 11) is 4.54. The minimum Gasteiger partial charge on any atom is -0.495 e. The second kappa shape index (κ2) is 17.2. The third-order valence-corrected chi connectivity index (χ3v) is 13.3. The van der Waals surface area contributed by atoms with Crippen LogP contribution in [-0.4, -0.2) is 97.6 Å². The number of nitrogens with zero attached hydrogens (tertiary/aromatic N) is 2. The van der Waals surface area contributed by atoms with Gasteiger partial charge in [-0.15, -0.1) is 0 Å². The molecule has 3 aromatic carbocycles. The van der Waals surface area contributed by atoms with Gasteiger partial charge in [0.05, 0.1) is 25.3 Å². The standard InChI is InChI=1S/C47H54ClN3O10/c1-26-14-13-15-27(2)47(56)24-38(59-44(54)49-47)28(3)42-46(5,61-42)39(23-40(52)51(7)36-21-30(20-26)22-37(57-8)41(36)48)60-43(53)29(4)50(6)45(55)58-25-35-33-18-11-9-16-31(33)32-17-10-12-19-34(32)35/h9-19,21-22,27-29,35,38-39,42,56H,20,23-25H2,1-8H3,(H,49,54)/b15-13+,26-14+/t27?,28?,29-,38?,39?,42?,46?,47?/m0/s1. The monoisotopic (exact) mass is 855 g/mol. The summed E-state index contributed by atoms with van der Waals surface area (Å²) in [6, 6.07) is 18.5. The van der Waals surface area contributed by atoms with E-state index >= 15 is 0 Å². The molecule has 0 radical (unpaired) electrons. The number of hydrogen-bond donors (Lipinski definition) is 2. The highest BCUT2D eigenvalue weighted by Gasteiger charge is 2.64. The van der Waals surface area contributed by atoms with Gasteiger partial charge in [-0.05, 0) is 67.1 Å². The van der Waals surface area contributed by atoms with Crippen molar-refractivity contribution in [3.63, 3.8) is 0 Å². The predicted octanol–water partition coefficient (Wildman–Crippen LogP) is 7.56. The van der Waals surface area contributed by atoms with Crippen LogP contribution >= 0.6 is 11.6 Å². The first-order valence-corrected chi connectivity index (χ1v) is 21.0. The molecule has 7 rings (SSSR count). The van der Waals surface area contributed by atoms with Gasteiger partial charge in [0.2, 0.25) is 5.91 Å². The molecular weight excluding hydrogens is 802 g/mol. The third-order valence-electron chi connectivity index (χ3n) is 12.9. The lowest BCUT2D eigenvalue weighted by Gasteiger charge is -2.41. The second-order valence-electron chi connectivity index (χ2n) is 16.9. The van der Waals surface area contributed by atoms with Gasteiger partial charge in [0, 0.05) is 38.3 Å². The van der Waals surface area contributed by atoms with E-state index in [1.807, 2.05) is 86.7 Å². The van der Waals surface area contributed by atoms with Gasteiger partial charge < -0.3 is 33.7 Å². The number of esters is 1. The van der Waals surface area contributed by atoms with E-state index in [0.29, 0.717) is 17.9 Å². The van der Waals surface area contributed by atoms with E-state index in [1.54, 1.807) is 27.0 Å². The van der Waals surface area contributed by atoms with E-state index in [4.69, 9.17) is 35.3 Å². The molecule has 3 heterocycles. The van der Waals surface area contributed by atoms with Crippen molar-refractivity contribution in [2.45, 2.75) is 95.5 Å². The molecule has 0 saturated carbocycles. The Morgan fingerprint density at radius 3 is 2.39 bits per heavy atom. The number of likely N-dealkylation sites (N-methyl/N-ethyl adjacent to an activating group) is 1. The quantitative estimate of drug-likeness (QED) is 0.144. The van der Waals surface area contributed by atoms with Crippen molar-refractivity contribution in [2.75, 3.05) is 32.7 Å². The number of aliphatic hydroxyl groups is 1. The van der Waals surface area contributed by atoms with Crippen LogP contribution in [-0.2, 0) is 35.0 Å². The normalized spacial score (nSPS) is 29.3. The number of halogens is 1. The molecule has 61 heavy (non-hydrogen) atoms. The molecule has 8 atom stereocenters. The van der Waals surface area contributed by atoms with Crippen LogP contribution < -0.4 is 15.0 Å². The number of ether oxygens (including phenoxy) is 5. The summed E-state index contributed by atoms with van der Waals surface area (Å²) < 4.78 is 29.7. The lowest BCUT2D eigenvalue weighted by Crippen LogP contribution is -2.60. The van der Waals surface area contributed by atoms with Crippen molar-refractivity contribution < 1.29 is 48.0 Å². The maximum atomic E-state index is 14.3. The first-order valence-electron chi connectivity index (χ1n) is 20.6. The average molecular weight is 856 g/mol. The van der Waals surface area contributed by atoms with Gasteiger partial charge in [0.1, 0.15) is 47.0 Å². The Morgan fingerprint density at radius 1 is 1.08 bits per heavy atom. The zero-order chi connectivity index (χ0) is 44.0. The molecule has 2 N–H and O–H groups in total. The van der Waals surface area contributed by atoms with Crippen molar-refractivity contribution in [1.29, 1.82) is 0 Å². The number of alkyl carbamates (subject to hydrolysis) is 1. The molecule has 3 aromatic rings.